The molecule has 0 unspecified atom stereocenters. The maximum atomic E-state index is 9.85. The van der Waals surface area contributed by atoms with E-state index in [0.717, 1.165) is 11.9 Å². The standard InChI is InChI=1S/C3H5N3OS/c4-1-2-8-6-3(5)7/h2H2,(H3,5,6,7). The average Bonchev–Trinajstić information content (AvgIpc) is 1.66. The SMILES string of the molecule is N#CCSNC(N)=O. The van der Waals surface area contributed by atoms with Gasteiger partial charge in [0, 0.05) is 0 Å². The summed E-state index contributed by atoms with van der Waals surface area (Å²) in [5.41, 5.74) is 4.65. The number of amides is 2. The van der Waals surface area contributed by atoms with Crippen LogP contribution in [0.5, 0.6) is 0 Å². The first-order valence-electron chi connectivity index (χ1n) is 1.81. The highest BCUT2D eigenvalue weighted by molar-refractivity contribution is 7.98. The van der Waals surface area contributed by atoms with Crippen LogP contribution in [0.4, 0.5) is 4.79 Å². The van der Waals surface area contributed by atoms with Crippen LogP contribution in [0.15, 0.2) is 0 Å². The van der Waals surface area contributed by atoms with Crippen molar-refractivity contribution >= 4 is 18.0 Å². The summed E-state index contributed by atoms with van der Waals surface area (Å²) in [4.78, 5) is 9.85. The summed E-state index contributed by atoms with van der Waals surface area (Å²) in [5, 5.41) is 7.92. The molecule has 0 saturated carbocycles. The lowest BCUT2D eigenvalue weighted by Gasteiger charge is -1.91. The Kier molecular flexibility index (Phi) is 3.80. The molecule has 8 heavy (non-hydrogen) atoms. The number of nitrogens with zero attached hydrogens (tertiary/aromatic N) is 1. The van der Waals surface area contributed by atoms with Gasteiger partial charge in [0.1, 0.15) is 5.75 Å². The van der Waals surface area contributed by atoms with Gasteiger partial charge in [-0.25, -0.2) is 4.79 Å². The van der Waals surface area contributed by atoms with Crippen LogP contribution in [-0.4, -0.2) is 11.8 Å². The number of nitrogens with one attached hydrogen (secondary N) is 1. The van der Waals surface area contributed by atoms with Gasteiger partial charge in [0.05, 0.1) is 6.07 Å². The molecule has 0 saturated heterocycles. The molecule has 0 aliphatic heterocycles. The molecule has 44 valence electrons. The Bertz CT molecular complexity index is 118. The molecule has 4 nitrogen and oxygen atoms in total. The molecular weight excluding hydrogens is 126 g/mol. The van der Waals surface area contributed by atoms with Crippen LogP contribution in [0.2, 0.25) is 0 Å². The molecule has 0 aromatic heterocycles. The van der Waals surface area contributed by atoms with Crippen molar-refractivity contribution in [2.75, 3.05) is 5.75 Å². The first-order chi connectivity index (χ1) is 3.77. The number of hydrogen-bond donors (Lipinski definition) is 2. The molecular formula is C3H5N3OS. The molecule has 0 aliphatic carbocycles. The summed E-state index contributed by atoms with van der Waals surface area (Å²) in [6.45, 7) is 0. The highest BCUT2D eigenvalue weighted by Gasteiger charge is 1.87. The second-order valence-corrected chi connectivity index (χ2v) is 1.69. The van der Waals surface area contributed by atoms with E-state index in [9.17, 15) is 4.79 Å². The molecule has 0 bridgehead atoms. The number of nitriles is 1. The highest BCUT2D eigenvalue weighted by atomic mass is 32.2. The quantitative estimate of drug-likeness (QED) is 0.403. The van der Waals surface area contributed by atoms with E-state index in [1.807, 2.05) is 6.07 Å². The number of carbonyl (C=O) groups is 1. The van der Waals surface area contributed by atoms with Gasteiger partial charge in [0.15, 0.2) is 0 Å². The van der Waals surface area contributed by atoms with Crippen molar-refractivity contribution in [3.8, 4) is 6.07 Å². The van der Waals surface area contributed by atoms with Gasteiger partial charge in [-0.1, -0.05) is 0 Å². The van der Waals surface area contributed by atoms with Gasteiger partial charge in [-0.15, -0.1) is 0 Å². The Morgan fingerprint density at radius 2 is 2.62 bits per heavy atom. The summed E-state index contributed by atoms with van der Waals surface area (Å²) < 4.78 is 2.18. The molecule has 3 N–H and O–H groups in total. The third kappa shape index (κ3) is 5.11. The Morgan fingerprint density at radius 1 is 2.00 bits per heavy atom. The minimum atomic E-state index is -0.620. The Hall–Kier alpha value is -0.890. The summed E-state index contributed by atoms with van der Waals surface area (Å²) in [7, 11) is 0. The minimum absolute atomic E-state index is 0.225. The van der Waals surface area contributed by atoms with Crippen molar-refractivity contribution in [1.29, 1.82) is 5.26 Å². The normalized spacial score (nSPS) is 7.38. The maximum absolute atomic E-state index is 9.85. The molecule has 5 heteroatoms. The third-order valence-electron chi connectivity index (χ3n) is 0.309. The number of urea groups is 1. The summed E-state index contributed by atoms with van der Waals surface area (Å²) in [6.07, 6.45) is 0. The third-order valence-corrected chi connectivity index (χ3v) is 0.928. The molecule has 0 fully saturated rings. The summed E-state index contributed by atoms with van der Waals surface area (Å²) in [6, 6.07) is 1.20. The zero-order valence-electron chi connectivity index (χ0n) is 4.05. The number of hydrogen-bond acceptors (Lipinski definition) is 3. The van der Waals surface area contributed by atoms with Crippen LogP contribution in [0, 0.1) is 11.3 Å². The van der Waals surface area contributed by atoms with Crippen LogP contribution in [0.25, 0.3) is 0 Å². The topological polar surface area (TPSA) is 78.9 Å². The largest absolute Gasteiger partial charge is 0.351 e. The van der Waals surface area contributed by atoms with E-state index in [-0.39, 0.29) is 5.75 Å². The fourth-order valence-electron chi connectivity index (χ4n) is 0.139. The van der Waals surface area contributed by atoms with Gasteiger partial charge in [0.2, 0.25) is 0 Å². The second-order valence-electron chi connectivity index (χ2n) is 0.913. The average molecular weight is 131 g/mol. The molecule has 0 radical (unpaired) electrons. The molecule has 2 amide bonds. The van der Waals surface area contributed by atoms with Gasteiger partial charge in [-0.05, 0) is 11.9 Å². The van der Waals surface area contributed by atoms with Crippen molar-refractivity contribution < 1.29 is 4.79 Å². The second kappa shape index (κ2) is 4.27. The number of rotatable bonds is 2. The van der Waals surface area contributed by atoms with Crippen molar-refractivity contribution in [2.45, 2.75) is 0 Å². The molecule has 0 aliphatic rings. The molecule has 0 spiro atoms. The van der Waals surface area contributed by atoms with Crippen LogP contribution in [0.3, 0.4) is 0 Å². The molecule has 0 heterocycles. The fourth-order valence-corrected chi connectivity index (χ4v) is 0.418. The number of nitrogens with two attached hydrogens (primary N) is 1. The zero-order valence-corrected chi connectivity index (χ0v) is 4.86. The van der Waals surface area contributed by atoms with Gasteiger partial charge in [-0.3, -0.25) is 4.72 Å². The van der Waals surface area contributed by atoms with Gasteiger partial charge in [0.25, 0.3) is 0 Å². The number of carbonyl (C=O) groups excluding carboxylic acids is 1. The van der Waals surface area contributed by atoms with Gasteiger partial charge < -0.3 is 5.73 Å². The zero-order chi connectivity index (χ0) is 6.41. The first-order valence-corrected chi connectivity index (χ1v) is 2.80. The van der Waals surface area contributed by atoms with E-state index in [2.05, 4.69) is 10.5 Å². The Morgan fingerprint density at radius 3 is 3.00 bits per heavy atom. The van der Waals surface area contributed by atoms with E-state index in [0.29, 0.717) is 0 Å². The predicted molar refractivity (Wildman–Crippen MR) is 30.8 cm³/mol. The van der Waals surface area contributed by atoms with Gasteiger partial charge in [-0.2, -0.15) is 5.26 Å². The monoisotopic (exact) mass is 131 g/mol. The van der Waals surface area contributed by atoms with E-state index in [1.54, 1.807) is 0 Å². The summed E-state index contributed by atoms with van der Waals surface area (Å²) >= 11 is 0.976. The predicted octanol–water partition coefficient (Wildman–Crippen LogP) is -0.174. The van der Waals surface area contributed by atoms with E-state index < -0.39 is 6.03 Å². The number of primary amides is 1. The van der Waals surface area contributed by atoms with Crippen LogP contribution >= 0.6 is 11.9 Å². The Labute approximate surface area is 51.2 Å². The van der Waals surface area contributed by atoms with Crippen LogP contribution < -0.4 is 10.5 Å². The minimum Gasteiger partial charge on any atom is -0.351 e. The van der Waals surface area contributed by atoms with E-state index in [1.165, 1.54) is 0 Å². The van der Waals surface area contributed by atoms with Crippen molar-refractivity contribution in [2.24, 2.45) is 5.73 Å². The van der Waals surface area contributed by atoms with E-state index >= 15 is 0 Å². The fraction of sp³-hybridized carbons (Fsp3) is 0.333. The first kappa shape index (κ1) is 7.11. The van der Waals surface area contributed by atoms with E-state index in [4.69, 9.17) is 5.26 Å². The lowest BCUT2D eigenvalue weighted by atomic mass is 10.9. The van der Waals surface area contributed by atoms with Crippen molar-refractivity contribution in [3.63, 3.8) is 0 Å². The molecule has 0 rings (SSSR count). The lowest BCUT2D eigenvalue weighted by Crippen LogP contribution is -2.23. The smallest absolute Gasteiger partial charge is 0.322 e. The lowest BCUT2D eigenvalue weighted by molar-refractivity contribution is 0.254. The van der Waals surface area contributed by atoms with Gasteiger partial charge >= 0.3 is 6.03 Å². The van der Waals surface area contributed by atoms with Crippen LogP contribution in [-0.2, 0) is 0 Å². The molecule has 0 aromatic carbocycles. The molecule has 0 atom stereocenters. The van der Waals surface area contributed by atoms with Crippen molar-refractivity contribution in [3.05, 3.63) is 0 Å². The van der Waals surface area contributed by atoms with Crippen molar-refractivity contribution in [1.82, 2.24) is 4.72 Å². The molecule has 0 aromatic rings. The van der Waals surface area contributed by atoms with Crippen LogP contribution in [0.1, 0.15) is 0 Å². The Balaban J connectivity index is 2.97. The highest BCUT2D eigenvalue weighted by Crippen LogP contribution is 1.87. The maximum Gasteiger partial charge on any atom is 0.322 e. The summed E-state index contributed by atoms with van der Waals surface area (Å²) in [5.74, 6) is 0.225.